The van der Waals surface area contributed by atoms with E-state index in [9.17, 15) is 4.79 Å². The first kappa shape index (κ1) is 19.6. The SMILES string of the molecule is O=C(NCCc1ccccc1)c1ccc2c(c1)[C@@H]1[C@H]3CC[C@@H](C3)[C@@H]1[C@H](c1ccccc1)N2. The first-order valence-corrected chi connectivity index (χ1v) is 12.1. The van der Waals surface area contributed by atoms with Crippen LogP contribution in [0.15, 0.2) is 78.9 Å². The van der Waals surface area contributed by atoms with Gasteiger partial charge in [-0.3, -0.25) is 4.79 Å². The number of fused-ring (bicyclic) bond motifs is 7. The Labute approximate surface area is 190 Å². The van der Waals surface area contributed by atoms with E-state index in [1.54, 1.807) is 0 Å². The minimum absolute atomic E-state index is 0.0358. The summed E-state index contributed by atoms with van der Waals surface area (Å²) >= 11 is 0. The highest BCUT2D eigenvalue weighted by Gasteiger charge is 2.53. The first-order valence-electron chi connectivity index (χ1n) is 12.1. The molecule has 5 atom stereocenters. The van der Waals surface area contributed by atoms with E-state index >= 15 is 0 Å². The highest BCUT2D eigenvalue weighted by molar-refractivity contribution is 5.95. The van der Waals surface area contributed by atoms with Gasteiger partial charge >= 0.3 is 0 Å². The Bertz CT molecular complexity index is 1110. The molecule has 3 aromatic rings. The molecule has 0 spiro atoms. The predicted octanol–water partition coefficient (Wildman–Crippen LogP) is 5.96. The van der Waals surface area contributed by atoms with Crippen LogP contribution in [0.2, 0.25) is 0 Å². The summed E-state index contributed by atoms with van der Waals surface area (Å²) in [6, 6.07) is 27.9. The first-order chi connectivity index (χ1) is 15.8. The fourth-order valence-electron chi connectivity index (χ4n) is 6.68. The van der Waals surface area contributed by atoms with Crippen molar-refractivity contribution in [3.63, 3.8) is 0 Å². The molecule has 0 unspecified atom stereocenters. The number of hydrogen-bond acceptors (Lipinski definition) is 2. The molecule has 0 saturated heterocycles. The standard InChI is InChI=1S/C29H30N2O/c32-29(30-16-15-19-7-3-1-4-8-19)23-13-14-25-24(18-23)26-21-11-12-22(17-21)27(26)28(31-25)20-9-5-2-6-10-20/h1-10,13-14,18,21-22,26-28,31H,11-12,15-17H2,(H,30,32)/t21-,22-,26-,27-,28-/m0/s1. The highest BCUT2D eigenvalue weighted by Crippen LogP contribution is 2.63. The number of carbonyl (C=O) groups is 1. The van der Waals surface area contributed by atoms with E-state index in [4.69, 9.17) is 0 Å². The smallest absolute Gasteiger partial charge is 0.251 e. The molecule has 2 fully saturated rings. The maximum atomic E-state index is 12.9. The summed E-state index contributed by atoms with van der Waals surface area (Å²) < 4.78 is 0. The van der Waals surface area contributed by atoms with E-state index in [-0.39, 0.29) is 5.91 Å². The van der Waals surface area contributed by atoms with Crippen LogP contribution in [0.3, 0.4) is 0 Å². The molecule has 1 heterocycles. The average Bonchev–Trinajstić information content (AvgIpc) is 3.47. The van der Waals surface area contributed by atoms with E-state index < -0.39 is 0 Å². The van der Waals surface area contributed by atoms with Gasteiger partial charge in [-0.25, -0.2) is 0 Å². The van der Waals surface area contributed by atoms with Gasteiger partial charge in [0.2, 0.25) is 0 Å². The van der Waals surface area contributed by atoms with Gasteiger partial charge < -0.3 is 10.6 Å². The molecule has 3 heteroatoms. The number of benzene rings is 3. The van der Waals surface area contributed by atoms with Gasteiger partial charge in [0.1, 0.15) is 0 Å². The van der Waals surface area contributed by atoms with Crippen molar-refractivity contribution in [2.45, 2.75) is 37.6 Å². The summed E-state index contributed by atoms with van der Waals surface area (Å²) in [6.45, 7) is 0.658. The van der Waals surface area contributed by atoms with Gasteiger partial charge in [-0.2, -0.15) is 0 Å². The Morgan fingerprint density at radius 3 is 2.47 bits per heavy atom. The van der Waals surface area contributed by atoms with E-state index in [0.717, 1.165) is 23.8 Å². The normalized spacial score (nSPS) is 27.3. The summed E-state index contributed by atoms with van der Waals surface area (Å²) in [6.07, 6.45) is 4.88. The van der Waals surface area contributed by atoms with Crippen molar-refractivity contribution in [1.82, 2.24) is 5.32 Å². The molecule has 0 radical (unpaired) electrons. The number of anilines is 1. The molecule has 2 aliphatic carbocycles. The second-order valence-electron chi connectivity index (χ2n) is 9.76. The topological polar surface area (TPSA) is 41.1 Å². The third kappa shape index (κ3) is 3.40. The second-order valence-corrected chi connectivity index (χ2v) is 9.76. The maximum absolute atomic E-state index is 12.9. The van der Waals surface area contributed by atoms with E-state index in [2.05, 4.69) is 65.2 Å². The molecule has 32 heavy (non-hydrogen) atoms. The van der Waals surface area contributed by atoms with Gasteiger partial charge in [0, 0.05) is 17.8 Å². The number of nitrogens with one attached hydrogen (secondary N) is 2. The molecular weight excluding hydrogens is 392 g/mol. The molecule has 3 nitrogen and oxygen atoms in total. The lowest BCUT2D eigenvalue weighted by atomic mass is 9.68. The van der Waals surface area contributed by atoms with E-state index in [0.29, 0.717) is 24.4 Å². The maximum Gasteiger partial charge on any atom is 0.251 e. The van der Waals surface area contributed by atoms with Gasteiger partial charge in [-0.05, 0) is 84.2 Å². The summed E-state index contributed by atoms with van der Waals surface area (Å²) in [7, 11) is 0. The zero-order valence-corrected chi connectivity index (χ0v) is 18.3. The molecule has 2 N–H and O–H groups in total. The number of carbonyl (C=O) groups excluding carboxylic acids is 1. The van der Waals surface area contributed by atoms with Gasteiger partial charge in [0.15, 0.2) is 0 Å². The molecule has 162 valence electrons. The minimum Gasteiger partial charge on any atom is -0.378 e. The second kappa shape index (κ2) is 8.12. The van der Waals surface area contributed by atoms with Crippen LogP contribution in [0.1, 0.15) is 58.3 Å². The lowest BCUT2D eigenvalue weighted by Gasteiger charge is -2.43. The number of amides is 1. The highest BCUT2D eigenvalue weighted by atomic mass is 16.1. The van der Waals surface area contributed by atoms with Crippen LogP contribution in [0.5, 0.6) is 0 Å². The van der Waals surface area contributed by atoms with Gasteiger partial charge in [0.05, 0.1) is 6.04 Å². The van der Waals surface area contributed by atoms with Crippen LogP contribution in [0.25, 0.3) is 0 Å². The Kier molecular flexibility index (Phi) is 4.98. The van der Waals surface area contributed by atoms with Crippen molar-refractivity contribution in [1.29, 1.82) is 0 Å². The van der Waals surface area contributed by atoms with E-state index in [1.807, 2.05) is 24.3 Å². The third-order valence-electron chi connectivity index (χ3n) is 8.05. The van der Waals surface area contributed by atoms with Gasteiger partial charge in [0.25, 0.3) is 5.91 Å². The van der Waals surface area contributed by atoms with Crippen molar-refractivity contribution in [2.75, 3.05) is 11.9 Å². The number of hydrogen-bond donors (Lipinski definition) is 2. The molecule has 0 aromatic heterocycles. The molecule has 2 bridgehead atoms. The average molecular weight is 423 g/mol. The molecule has 3 aliphatic rings. The molecule has 3 aromatic carbocycles. The summed E-state index contributed by atoms with van der Waals surface area (Å²) in [5.41, 5.74) is 6.01. The fraction of sp³-hybridized carbons (Fsp3) is 0.345. The van der Waals surface area contributed by atoms with E-state index in [1.165, 1.54) is 41.6 Å². The van der Waals surface area contributed by atoms with Crippen molar-refractivity contribution in [3.8, 4) is 0 Å². The lowest BCUT2D eigenvalue weighted by Crippen LogP contribution is -2.35. The van der Waals surface area contributed by atoms with Crippen molar-refractivity contribution in [3.05, 3.63) is 101 Å². The largest absolute Gasteiger partial charge is 0.378 e. The third-order valence-corrected chi connectivity index (χ3v) is 8.05. The summed E-state index contributed by atoms with van der Waals surface area (Å²) in [5.74, 6) is 2.77. The van der Waals surface area contributed by atoms with Crippen LogP contribution >= 0.6 is 0 Å². The minimum atomic E-state index is 0.0358. The van der Waals surface area contributed by atoms with Gasteiger partial charge in [-0.15, -0.1) is 0 Å². The van der Waals surface area contributed by atoms with Crippen molar-refractivity contribution < 1.29 is 4.79 Å². The zero-order chi connectivity index (χ0) is 21.5. The molecule has 2 saturated carbocycles. The molecule has 1 aliphatic heterocycles. The van der Waals surface area contributed by atoms with Crippen LogP contribution in [-0.2, 0) is 6.42 Å². The Balaban J connectivity index is 1.25. The monoisotopic (exact) mass is 422 g/mol. The van der Waals surface area contributed by atoms with Crippen LogP contribution < -0.4 is 10.6 Å². The molecule has 6 rings (SSSR count). The summed E-state index contributed by atoms with van der Waals surface area (Å²) in [4.78, 5) is 12.9. The van der Waals surface area contributed by atoms with Gasteiger partial charge in [-0.1, -0.05) is 60.7 Å². The molecule has 1 amide bonds. The van der Waals surface area contributed by atoms with Crippen molar-refractivity contribution >= 4 is 11.6 Å². The molecular formula is C29H30N2O. The lowest BCUT2D eigenvalue weighted by molar-refractivity contribution is 0.0954. The predicted molar refractivity (Wildman–Crippen MR) is 129 cm³/mol. The fourth-order valence-corrected chi connectivity index (χ4v) is 6.68. The van der Waals surface area contributed by atoms with Crippen molar-refractivity contribution in [2.24, 2.45) is 17.8 Å². The Morgan fingerprint density at radius 1 is 0.906 bits per heavy atom. The number of rotatable bonds is 5. The quantitative estimate of drug-likeness (QED) is 0.533. The van der Waals surface area contributed by atoms with Crippen LogP contribution in [-0.4, -0.2) is 12.5 Å². The Hall–Kier alpha value is -3.07. The summed E-state index contributed by atoms with van der Waals surface area (Å²) in [5, 5.41) is 6.99. The van der Waals surface area contributed by atoms with Crippen LogP contribution in [0, 0.1) is 17.8 Å². The zero-order valence-electron chi connectivity index (χ0n) is 18.3. The van der Waals surface area contributed by atoms with Crippen LogP contribution in [0.4, 0.5) is 5.69 Å². The Morgan fingerprint density at radius 2 is 1.66 bits per heavy atom.